The van der Waals surface area contributed by atoms with Crippen molar-refractivity contribution in [1.82, 2.24) is 9.72 Å². The third kappa shape index (κ3) is 2.14. The molecule has 1 aliphatic rings. The number of hydrogen-bond acceptors (Lipinski definition) is 4. The molecule has 3 rings (SSSR count). The zero-order valence-corrected chi connectivity index (χ0v) is 12.3. The smallest absolute Gasteiger partial charge is 0.335 e. The number of alkyl halides is 1. The number of carbonyl (C=O) groups is 1. The molecule has 2 aromatic rings. The summed E-state index contributed by atoms with van der Waals surface area (Å²) in [5, 5.41) is 13.3. The van der Waals surface area contributed by atoms with E-state index in [0.717, 1.165) is 10.6 Å². The topological polar surface area (TPSA) is 57.6 Å². The Morgan fingerprint density at radius 3 is 3.05 bits per heavy atom. The van der Waals surface area contributed by atoms with Crippen molar-refractivity contribution in [3.63, 3.8) is 0 Å². The van der Waals surface area contributed by atoms with E-state index in [-0.39, 0.29) is 16.5 Å². The predicted octanol–water partition coefficient (Wildman–Crippen LogP) is 1.84. The average Bonchev–Trinajstić information content (AvgIpc) is 2.93. The number of ketones is 1. The molecule has 0 spiro atoms. The summed E-state index contributed by atoms with van der Waals surface area (Å²) in [7, 11) is 0. The summed E-state index contributed by atoms with van der Waals surface area (Å²) in [5.74, 6) is -0.202. The Morgan fingerprint density at radius 2 is 2.40 bits per heavy atom. The molecule has 0 radical (unpaired) electrons. The zero-order chi connectivity index (χ0) is 14.3. The van der Waals surface area contributed by atoms with Crippen molar-refractivity contribution < 1.29 is 14.5 Å². The highest BCUT2D eigenvalue weighted by Crippen LogP contribution is 2.29. The van der Waals surface area contributed by atoms with Crippen LogP contribution in [0.4, 0.5) is 0 Å². The van der Waals surface area contributed by atoms with E-state index in [1.54, 1.807) is 15.2 Å². The number of Topliss-reactive ketones (excluding diaryl/α,β-unsaturated/α-hetero) is 1. The van der Waals surface area contributed by atoms with Crippen LogP contribution in [-0.4, -0.2) is 20.1 Å². The molecule has 20 heavy (non-hydrogen) atoms. The summed E-state index contributed by atoms with van der Waals surface area (Å²) in [6, 6.07) is 5.55. The Kier molecular flexibility index (Phi) is 3.35. The summed E-state index contributed by atoms with van der Waals surface area (Å²) < 4.78 is 3.40. The predicted molar refractivity (Wildman–Crippen MR) is 77.7 cm³/mol. The third-order valence-electron chi connectivity index (χ3n) is 3.10. The van der Waals surface area contributed by atoms with Gasteiger partial charge in [0, 0.05) is 24.1 Å². The van der Waals surface area contributed by atoms with E-state index in [2.05, 4.69) is 5.32 Å². The van der Waals surface area contributed by atoms with Crippen LogP contribution < -0.4 is 9.88 Å². The van der Waals surface area contributed by atoms with Gasteiger partial charge in [0.2, 0.25) is 5.78 Å². The number of nitrogens with one attached hydrogen (secondary N) is 1. The van der Waals surface area contributed by atoms with E-state index in [1.807, 2.05) is 24.4 Å². The fourth-order valence-corrected chi connectivity index (χ4v) is 3.42. The second-order valence-electron chi connectivity index (χ2n) is 4.45. The summed E-state index contributed by atoms with van der Waals surface area (Å²) in [6.07, 6.45) is 3.59. The molecule has 0 fully saturated rings. The van der Waals surface area contributed by atoms with Crippen LogP contribution in [0.2, 0.25) is 0 Å². The Labute approximate surface area is 124 Å². The molecule has 104 valence electrons. The minimum absolute atomic E-state index is 0.0248. The van der Waals surface area contributed by atoms with Gasteiger partial charge < -0.3 is 10.4 Å². The standard InChI is InChI=1S/C13H12ClN3O2S/c1-8(18)11-12(19)17(7-9-6-15-13(14)20-9)10-4-2-3-5-16(10)11/h2-6,13,15H,7H2,1H3/p+1. The van der Waals surface area contributed by atoms with Crippen molar-refractivity contribution >= 4 is 34.8 Å². The average molecular weight is 311 g/mol. The Bertz CT molecular complexity index is 726. The zero-order valence-electron chi connectivity index (χ0n) is 10.7. The number of rotatable bonds is 3. The first-order valence-corrected chi connectivity index (χ1v) is 7.38. The van der Waals surface area contributed by atoms with Gasteiger partial charge in [0.1, 0.15) is 6.54 Å². The van der Waals surface area contributed by atoms with Crippen molar-refractivity contribution in [3.05, 3.63) is 41.2 Å². The molecule has 0 saturated heterocycles. The van der Waals surface area contributed by atoms with Crippen LogP contribution in [0.25, 0.3) is 5.65 Å². The molecule has 3 heterocycles. The van der Waals surface area contributed by atoms with Crippen molar-refractivity contribution in [3.8, 4) is 5.88 Å². The fourth-order valence-electron chi connectivity index (χ4n) is 2.27. The molecule has 0 aromatic carbocycles. The van der Waals surface area contributed by atoms with E-state index < -0.39 is 0 Å². The van der Waals surface area contributed by atoms with Gasteiger partial charge in [-0.25, -0.2) is 0 Å². The van der Waals surface area contributed by atoms with E-state index in [0.29, 0.717) is 12.2 Å². The number of fused-ring (bicyclic) bond motifs is 1. The normalized spacial score (nSPS) is 18.1. The number of thioether (sulfide) groups is 1. The molecule has 0 bridgehead atoms. The van der Waals surface area contributed by atoms with Crippen molar-refractivity contribution in [2.24, 2.45) is 0 Å². The number of imidazole rings is 1. The lowest BCUT2D eigenvalue weighted by Gasteiger charge is -2.00. The van der Waals surface area contributed by atoms with Gasteiger partial charge in [0.25, 0.3) is 11.3 Å². The van der Waals surface area contributed by atoms with Crippen LogP contribution in [0.5, 0.6) is 5.88 Å². The SMILES string of the molecule is CC(=O)c1c(O)[n+](CC2=CNC(Cl)S2)c2ccccn12. The van der Waals surface area contributed by atoms with Crippen molar-refractivity contribution in [2.45, 2.75) is 18.3 Å². The van der Waals surface area contributed by atoms with Crippen LogP contribution in [0.3, 0.4) is 0 Å². The van der Waals surface area contributed by atoms with Crippen LogP contribution in [0, 0.1) is 0 Å². The highest BCUT2D eigenvalue weighted by molar-refractivity contribution is 8.04. The number of aromatic nitrogens is 2. The van der Waals surface area contributed by atoms with E-state index in [9.17, 15) is 9.90 Å². The number of allylic oxidation sites excluding steroid dienone is 1. The second kappa shape index (κ2) is 5.03. The fraction of sp³-hybridized carbons (Fsp3) is 0.231. The first-order chi connectivity index (χ1) is 9.58. The van der Waals surface area contributed by atoms with Crippen LogP contribution in [-0.2, 0) is 6.54 Å². The molecule has 0 saturated carbocycles. The van der Waals surface area contributed by atoms with E-state index in [1.165, 1.54) is 18.7 Å². The quantitative estimate of drug-likeness (QED) is 0.393. The summed E-state index contributed by atoms with van der Waals surface area (Å²) in [4.78, 5) is 12.5. The van der Waals surface area contributed by atoms with E-state index >= 15 is 0 Å². The Balaban J connectivity index is 2.11. The van der Waals surface area contributed by atoms with Crippen LogP contribution in [0.15, 0.2) is 35.5 Å². The Hall–Kier alpha value is -1.66. The maximum atomic E-state index is 11.7. The van der Waals surface area contributed by atoms with Gasteiger partial charge in [-0.3, -0.25) is 4.79 Å². The van der Waals surface area contributed by atoms with Gasteiger partial charge in [-0.1, -0.05) is 29.4 Å². The molecule has 1 unspecified atom stereocenters. The highest BCUT2D eigenvalue weighted by atomic mass is 35.5. The first kappa shape index (κ1) is 13.3. The van der Waals surface area contributed by atoms with Crippen LogP contribution in [0.1, 0.15) is 17.4 Å². The number of carbonyl (C=O) groups excluding carboxylic acids is 1. The number of halogens is 1. The monoisotopic (exact) mass is 310 g/mol. The van der Waals surface area contributed by atoms with Crippen LogP contribution >= 0.6 is 23.4 Å². The van der Waals surface area contributed by atoms with Gasteiger partial charge in [0.15, 0.2) is 4.83 Å². The molecule has 5 nitrogen and oxygen atoms in total. The number of nitrogens with zero attached hydrogens (tertiary/aromatic N) is 2. The van der Waals surface area contributed by atoms with Crippen molar-refractivity contribution in [2.75, 3.05) is 0 Å². The lowest BCUT2D eigenvalue weighted by molar-refractivity contribution is -0.667. The minimum Gasteiger partial charge on any atom is -0.475 e. The van der Waals surface area contributed by atoms with Gasteiger partial charge >= 0.3 is 5.88 Å². The number of pyridine rings is 1. The number of aromatic hydroxyl groups is 1. The maximum Gasteiger partial charge on any atom is 0.335 e. The maximum absolute atomic E-state index is 11.7. The van der Waals surface area contributed by atoms with Crippen molar-refractivity contribution in [1.29, 1.82) is 0 Å². The lowest BCUT2D eigenvalue weighted by Crippen LogP contribution is -2.33. The van der Waals surface area contributed by atoms with E-state index in [4.69, 9.17) is 11.6 Å². The molecule has 2 aromatic heterocycles. The second-order valence-corrected chi connectivity index (χ2v) is 6.38. The van der Waals surface area contributed by atoms with Gasteiger partial charge in [-0.2, -0.15) is 8.97 Å². The summed E-state index contributed by atoms with van der Waals surface area (Å²) in [6.45, 7) is 1.91. The molecule has 7 heteroatoms. The summed E-state index contributed by atoms with van der Waals surface area (Å²) >= 11 is 7.44. The third-order valence-corrected chi connectivity index (χ3v) is 4.39. The summed E-state index contributed by atoms with van der Waals surface area (Å²) in [5.41, 5.74) is 1.05. The molecule has 1 atom stereocenters. The minimum atomic E-state index is -0.186. The first-order valence-electron chi connectivity index (χ1n) is 6.06. The van der Waals surface area contributed by atoms with Gasteiger partial charge in [-0.15, -0.1) is 0 Å². The molecule has 0 aliphatic carbocycles. The lowest BCUT2D eigenvalue weighted by atomic mass is 10.3. The number of hydrogen-bond donors (Lipinski definition) is 2. The molecule has 0 amide bonds. The van der Waals surface area contributed by atoms with Gasteiger partial charge in [0.05, 0.1) is 6.20 Å². The molecular formula is C13H13ClN3O2S+. The van der Waals surface area contributed by atoms with Gasteiger partial charge in [-0.05, 0) is 6.07 Å². The Morgan fingerprint density at radius 1 is 1.60 bits per heavy atom. The largest absolute Gasteiger partial charge is 0.475 e. The molecular weight excluding hydrogens is 298 g/mol. The highest BCUT2D eigenvalue weighted by Gasteiger charge is 2.29. The molecule has 1 aliphatic heterocycles. The molecule has 2 N–H and O–H groups in total.